The van der Waals surface area contributed by atoms with Crippen molar-refractivity contribution in [1.29, 1.82) is 0 Å². The van der Waals surface area contributed by atoms with Crippen molar-refractivity contribution >= 4 is 28.2 Å². The van der Waals surface area contributed by atoms with Crippen LogP contribution in [-0.4, -0.2) is 37.1 Å². The van der Waals surface area contributed by atoms with Gasteiger partial charge in [0.15, 0.2) is 0 Å². The summed E-state index contributed by atoms with van der Waals surface area (Å²) in [6, 6.07) is 24.6. The molecule has 0 unspecified atom stereocenters. The molecule has 0 aliphatic heterocycles. The molecule has 1 heterocycles. The van der Waals surface area contributed by atoms with Gasteiger partial charge in [-0.05, 0) is 40.6 Å². The van der Waals surface area contributed by atoms with Crippen LogP contribution in [0.15, 0.2) is 66.7 Å². The third kappa shape index (κ3) is 5.10. The van der Waals surface area contributed by atoms with Crippen LogP contribution in [-0.2, 0) is 17.8 Å². The molecule has 0 saturated carbocycles. The highest BCUT2D eigenvalue weighted by Crippen LogP contribution is 2.18. The summed E-state index contributed by atoms with van der Waals surface area (Å²) in [5, 5.41) is 5.12. The predicted molar refractivity (Wildman–Crippen MR) is 127 cm³/mol. The molecule has 3 aromatic carbocycles. The quantitative estimate of drug-likeness (QED) is 0.473. The Bertz CT molecular complexity index is 1240. The zero-order valence-corrected chi connectivity index (χ0v) is 18.4. The first-order valence-corrected chi connectivity index (χ1v) is 10.4. The number of ether oxygens (including phenoxy) is 1. The smallest absolute Gasteiger partial charge is 0.255 e. The average Bonchev–Trinajstić information content (AvgIpc) is 2.80. The van der Waals surface area contributed by atoms with E-state index in [1.165, 1.54) is 0 Å². The lowest BCUT2D eigenvalue weighted by molar-refractivity contribution is 0.102. The van der Waals surface area contributed by atoms with Gasteiger partial charge in [-0.3, -0.25) is 4.79 Å². The topological polar surface area (TPSA) is 67.3 Å². The summed E-state index contributed by atoms with van der Waals surface area (Å²) in [4.78, 5) is 23.7. The predicted octanol–water partition coefficient (Wildman–Crippen LogP) is 4.49. The molecule has 4 rings (SSSR count). The van der Waals surface area contributed by atoms with Crippen molar-refractivity contribution in [2.75, 3.05) is 31.4 Å². The fourth-order valence-electron chi connectivity index (χ4n) is 3.41. The van der Waals surface area contributed by atoms with Crippen LogP contribution < -0.4 is 10.2 Å². The minimum absolute atomic E-state index is 0.134. The number of rotatable bonds is 7. The first kappa shape index (κ1) is 21.5. The molecule has 0 atom stereocenters. The number of nitrogens with zero attached hydrogens (tertiary/aromatic N) is 3. The van der Waals surface area contributed by atoms with Crippen LogP contribution in [0.25, 0.3) is 10.8 Å². The number of aromatic nitrogens is 2. The normalized spacial score (nSPS) is 10.8. The van der Waals surface area contributed by atoms with Gasteiger partial charge in [-0.1, -0.05) is 42.5 Å². The second-order valence-corrected chi connectivity index (χ2v) is 7.75. The number of benzene rings is 3. The first-order valence-electron chi connectivity index (χ1n) is 10.4. The summed E-state index contributed by atoms with van der Waals surface area (Å²) in [7, 11) is 5.48. The SMILES string of the molecule is COCc1[c]c(N(C)C)nc(Cc2ccc(NC(=O)c3ccc4ccccc4c3)cc2)n1. The lowest BCUT2D eigenvalue weighted by Gasteiger charge is -2.13. The molecule has 161 valence electrons. The summed E-state index contributed by atoms with van der Waals surface area (Å²) in [6.07, 6.45) is 0.575. The Balaban J connectivity index is 1.46. The van der Waals surface area contributed by atoms with Gasteiger partial charge in [0, 0.05) is 38.9 Å². The molecule has 0 saturated heterocycles. The largest absolute Gasteiger partial charge is 0.378 e. The molecule has 0 fully saturated rings. The van der Waals surface area contributed by atoms with Gasteiger partial charge in [0.25, 0.3) is 5.91 Å². The fraction of sp³-hybridized carbons (Fsp3) is 0.192. The number of methoxy groups -OCH3 is 1. The van der Waals surface area contributed by atoms with Crippen LogP contribution in [0.1, 0.15) is 27.4 Å². The molecule has 1 aromatic heterocycles. The summed E-state index contributed by atoms with van der Waals surface area (Å²) < 4.78 is 5.20. The van der Waals surface area contributed by atoms with Crippen molar-refractivity contribution in [3.05, 3.63) is 95.4 Å². The molecular weight excluding hydrogens is 400 g/mol. The number of amides is 1. The molecule has 0 aliphatic carbocycles. The molecule has 1 radical (unpaired) electrons. The molecular formula is C26H25N4O2. The third-order valence-corrected chi connectivity index (χ3v) is 5.05. The Morgan fingerprint density at radius 3 is 2.47 bits per heavy atom. The van der Waals surface area contributed by atoms with E-state index in [4.69, 9.17) is 4.74 Å². The van der Waals surface area contributed by atoms with Crippen molar-refractivity contribution in [1.82, 2.24) is 9.97 Å². The Hall–Kier alpha value is -3.77. The first-order chi connectivity index (χ1) is 15.5. The van der Waals surface area contributed by atoms with Gasteiger partial charge in [0.2, 0.25) is 0 Å². The maximum Gasteiger partial charge on any atom is 0.255 e. The van der Waals surface area contributed by atoms with Crippen molar-refractivity contribution < 1.29 is 9.53 Å². The number of carbonyl (C=O) groups excluding carboxylic acids is 1. The van der Waals surface area contributed by atoms with Gasteiger partial charge in [0.1, 0.15) is 11.6 Å². The minimum Gasteiger partial charge on any atom is -0.378 e. The van der Waals surface area contributed by atoms with E-state index in [1.807, 2.05) is 85.7 Å². The second kappa shape index (κ2) is 9.58. The van der Waals surface area contributed by atoms with Crippen LogP contribution in [0.3, 0.4) is 0 Å². The molecule has 32 heavy (non-hydrogen) atoms. The fourth-order valence-corrected chi connectivity index (χ4v) is 3.41. The van der Waals surface area contributed by atoms with E-state index < -0.39 is 0 Å². The van der Waals surface area contributed by atoms with Gasteiger partial charge < -0.3 is 15.0 Å². The average molecular weight is 426 g/mol. The van der Waals surface area contributed by atoms with E-state index in [2.05, 4.69) is 21.4 Å². The van der Waals surface area contributed by atoms with E-state index in [9.17, 15) is 4.79 Å². The van der Waals surface area contributed by atoms with E-state index in [-0.39, 0.29) is 5.91 Å². The van der Waals surface area contributed by atoms with Crippen molar-refractivity contribution in [2.45, 2.75) is 13.0 Å². The highest BCUT2D eigenvalue weighted by Gasteiger charge is 2.10. The summed E-state index contributed by atoms with van der Waals surface area (Å²) >= 11 is 0. The summed E-state index contributed by atoms with van der Waals surface area (Å²) in [5.41, 5.74) is 3.14. The lowest BCUT2D eigenvalue weighted by Crippen LogP contribution is -2.14. The van der Waals surface area contributed by atoms with Gasteiger partial charge in [-0.25, -0.2) is 9.97 Å². The molecule has 4 aromatic rings. The highest BCUT2D eigenvalue weighted by atomic mass is 16.5. The Morgan fingerprint density at radius 1 is 1.00 bits per heavy atom. The summed E-state index contributed by atoms with van der Waals surface area (Å²) in [6.45, 7) is 0.385. The standard InChI is InChI=1S/C26H25N4O2/c1-30(2)25-16-23(17-32-3)27-24(29-25)14-18-8-12-22(13-9-18)28-26(31)21-11-10-19-6-4-5-7-20(19)15-21/h4-13,15H,14,17H2,1-3H3,(H,28,31). The molecule has 0 aliphatic rings. The zero-order valence-electron chi connectivity index (χ0n) is 18.4. The monoisotopic (exact) mass is 425 g/mol. The van der Waals surface area contributed by atoms with Crippen LogP contribution in [0.2, 0.25) is 0 Å². The minimum atomic E-state index is -0.134. The van der Waals surface area contributed by atoms with Crippen LogP contribution in [0.4, 0.5) is 11.5 Å². The second-order valence-electron chi connectivity index (χ2n) is 7.75. The molecule has 0 bridgehead atoms. The number of carbonyl (C=O) groups is 1. The number of hydrogen-bond donors (Lipinski definition) is 1. The summed E-state index contributed by atoms with van der Waals surface area (Å²) in [5.74, 6) is 1.29. The van der Waals surface area contributed by atoms with E-state index in [1.54, 1.807) is 7.11 Å². The maximum absolute atomic E-state index is 12.7. The molecule has 1 N–H and O–H groups in total. The number of fused-ring (bicyclic) bond motifs is 1. The maximum atomic E-state index is 12.7. The van der Waals surface area contributed by atoms with Crippen molar-refractivity contribution in [3.63, 3.8) is 0 Å². The van der Waals surface area contributed by atoms with Gasteiger partial charge in [-0.2, -0.15) is 0 Å². The Labute approximate surface area is 187 Å². The van der Waals surface area contributed by atoms with Crippen LogP contribution >= 0.6 is 0 Å². The lowest BCUT2D eigenvalue weighted by atomic mass is 10.1. The molecule has 0 spiro atoms. The van der Waals surface area contributed by atoms with Gasteiger partial charge in [0.05, 0.1) is 18.4 Å². The Morgan fingerprint density at radius 2 is 1.75 bits per heavy atom. The Kier molecular flexibility index (Phi) is 6.42. The van der Waals surface area contributed by atoms with Gasteiger partial charge >= 0.3 is 0 Å². The van der Waals surface area contributed by atoms with Crippen molar-refractivity contribution in [3.8, 4) is 0 Å². The van der Waals surface area contributed by atoms with E-state index >= 15 is 0 Å². The highest BCUT2D eigenvalue weighted by molar-refractivity contribution is 6.06. The number of anilines is 2. The van der Waals surface area contributed by atoms with Crippen LogP contribution in [0.5, 0.6) is 0 Å². The number of nitrogens with one attached hydrogen (secondary N) is 1. The molecule has 6 heteroatoms. The van der Waals surface area contributed by atoms with Gasteiger partial charge in [-0.15, -0.1) is 0 Å². The van der Waals surface area contributed by atoms with Crippen molar-refractivity contribution in [2.24, 2.45) is 0 Å². The number of hydrogen-bond acceptors (Lipinski definition) is 5. The zero-order chi connectivity index (χ0) is 22.5. The molecule has 6 nitrogen and oxygen atoms in total. The van der Waals surface area contributed by atoms with E-state index in [0.717, 1.165) is 33.5 Å². The van der Waals surface area contributed by atoms with E-state index in [0.29, 0.717) is 24.4 Å². The third-order valence-electron chi connectivity index (χ3n) is 5.05. The molecule has 1 amide bonds. The van der Waals surface area contributed by atoms with Crippen LogP contribution in [0, 0.1) is 6.07 Å².